The van der Waals surface area contributed by atoms with Crippen LogP contribution in [0.2, 0.25) is 0 Å². The fraction of sp³-hybridized carbons (Fsp3) is 0.364. The molecule has 6 nitrogen and oxygen atoms in total. The van der Waals surface area contributed by atoms with Crippen molar-refractivity contribution in [1.82, 2.24) is 14.7 Å². The second kappa shape index (κ2) is 6.63. The van der Waals surface area contributed by atoms with Gasteiger partial charge in [-0.2, -0.15) is 5.10 Å². The summed E-state index contributed by atoms with van der Waals surface area (Å²) in [6, 6.07) is 14.8. The number of aromatic nitrogens is 2. The first-order valence-corrected chi connectivity index (χ1v) is 9.85. The number of nitrogens with two attached hydrogens (primary N) is 1. The Bertz CT molecular complexity index is 1010. The number of primary amides is 1. The number of carbonyl (C=O) groups is 1. The first kappa shape index (κ1) is 17.3. The number of amides is 1. The maximum absolute atomic E-state index is 11.4. The molecule has 1 amide bonds. The molecule has 0 radical (unpaired) electrons. The van der Waals surface area contributed by atoms with Crippen molar-refractivity contribution in [2.45, 2.75) is 43.9 Å². The van der Waals surface area contributed by atoms with Crippen molar-refractivity contribution in [3.05, 3.63) is 54.2 Å². The maximum atomic E-state index is 11.4. The summed E-state index contributed by atoms with van der Waals surface area (Å²) in [7, 11) is 2.24. The lowest BCUT2D eigenvalue weighted by molar-refractivity contribution is 0.0661. The van der Waals surface area contributed by atoms with E-state index in [1.54, 1.807) is 18.3 Å². The van der Waals surface area contributed by atoms with Gasteiger partial charge < -0.3 is 15.4 Å². The van der Waals surface area contributed by atoms with E-state index in [-0.39, 0.29) is 0 Å². The van der Waals surface area contributed by atoms with Gasteiger partial charge in [0.15, 0.2) is 0 Å². The summed E-state index contributed by atoms with van der Waals surface area (Å²) < 4.78 is 8.14. The molecule has 3 heterocycles. The first-order valence-electron chi connectivity index (χ1n) is 9.85. The number of hydrogen-bond donors (Lipinski definition) is 1. The predicted molar refractivity (Wildman–Crippen MR) is 108 cm³/mol. The van der Waals surface area contributed by atoms with Crippen LogP contribution in [0.3, 0.4) is 0 Å². The van der Waals surface area contributed by atoms with Gasteiger partial charge in [0.25, 0.3) is 0 Å². The maximum Gasteiger partial charge on any atom is 0.248 e. The Morgan fingerprint density at radius 3 is 2.50 bits per heavy atom. The molecular weight excluding hydrogens is 352 g/mol. The molecule has 2 aliphatic rings. The van der Waals surface area contributed by atoms with Crippen molar-refractivity contribution in [1.29, 1.82) is 0 Å². The third-order valence-corrected chi connectivity index (χ3v) is 6.29. The van der Waals surface area contributed by atoms with Crippen LogP contribution in [-0.2, 0) is 0 Å². The van der Waals surface area contributed by atoms with Gasteiger partial charge in [-0.05, 0) is 75.2 Å². The molecule has 6 heteroatoms. The van der Waals surface area contributed by atoms with Crippen LogP contribution in [0.5, 0.6) is 5.75 Å². The van der Waals surface area contributed by atoms with Gasteiger partial charge in [0.05, 0.1) is 17.4 Å². The van der Waals surface area contributed by atoms with Crippen molar-refractivity contribution in [2.75, 3.05) is 7.05 Å². The van der Waals surface area contributed by atoms with E-state index < -0.39 is 5.91 Å². The van der Waals surface area contributed by atoms with Gasteiger partial charge in [-0.3, -0.25) is 4.79 Å². The lowest BCUT2D eigenvalue weighted by Gasteiger charge is -2.36. The van der Waals surface area contributed by atoms with Gasteiger partial charge in [0, 0.05) is 23.0 Å². The van der Waals surface area contributed by atoms with Crippen LogP contribution >= 0.6 is 0 Å². The molecule has 3 aromatic rings. The number of fused-ring (bicyclic) bond motifs is 3. The Labute approximate surface area is 163 Å². The topological polar surface area (TPSA) is 73.4 Å². The summed E-state index contributed by atoms with van der Waals surface area (Å²) in [4.78, 5) is 13.9. The van der Waals surface area contributed by atoms with Crippen LogP contribution in [0.15, 0.2) is 48.7 Å². The van der Waals surface area contributed by atoms with Gasteiger partial charge in [-0.15, -0.1) is 0 Å². The average molecular weight is 376 g/mol. The summed E-state index contributed by atoms with van der Waals surface area (Å²) >= 11 is 0. The number of carbonyl (C=O) groups excluding carboxylic acids is 1. The normalized spacial score (nSPS) is 24.5. The molecule has 0 unspecified atom stereocenters. The minimum Gasteiger partial charge on any atom is -0.490 e. The quantitative estimate of drug-likeness (QED) is 0.759. The van der Waals surface area contributed by atoms with Crippen molar-refractivity contribution < 1.29 is 9.53 Å². The highest BCUT2D eigenvalue weighted by Crippen LogP contribution is 2.36. The first-order chi connectivity index (χ1) is 13.6. The number of nitrogens with zero attached hydrogens (tertiary/aromatic N) is 3. The van der Waals surface area contributed by atoms with E-state index in [2.05, 4.69) is 17.0 Å². The zero-order valence-corrected chi connectivity index (χ0v) is 15.9. The van der Waals surface area contributed by atoms with Crippen LogP contribution in [-0.4, -0.2) is 45.8 Å². The van der Waals surface area contributed by atoms with E-state index in [1.165, 1.54) is 12.8 Å². The minimum atomic E-state index is -0.432. The molecule has 2 fully saturated rings. The highest BCUT2D eigenvalue weighted by molar-refractivity contribution is 5.97. The highest BCUT2D eigenvalue weighted by Gasteiger charge is 2.39. The molecule has 2 saturated heterocycles. The SMILES string of the molecule is CN1[C@@H]2CC[C@H]1C[C@H](Oc1ccc(-n3ncc4cc(C(N)=O)ccc43)cc1)C2. The summed E-state index contributed by atoms with van der Waals surface area (Å²) in [5, 5.41) is 5.35. The van der Waals surface area contributed by atoms with Crippen LogP contribution in [0.25, 0.3) is 16.6 Å². The average Bonchev–Trinajstić information content (AvgIpc) is 3.19. The lowest BCUT2D eigenvalue weighted by Crippen LogP contribution is -2.43. The van der Waals surface area contributed by atoms with Gasteiger partial charge in [-0.1, -0.05) is 0 Å². The van der Waals surface area contributed by atoms with E-state index in [4.69, 9.17) is 10.5 Å². The fourth-order valence-electron chi connectivity index (χ4n) is 4.71. The van der Waals surface area contributed by atoms with Crippen LogP contribution in [0.4, 0.5) is 0 Å². The largest absolute Gasteiger partial charge is 0.490 e. The van der Waals surface area contributed by atoms with E-state index in [0.29, 0.717) is 23.8 Å². The van der Waals surface area contributed by atoms with E-state index >= 15 is 0 Å². The van der Waals surface area contributed by atoms with Gasteiger partial charge in [0.1, 0.15) is 11.9 Å². The van der Waals surface area contributed by atoms with Crippen molar-refractivity contribution in [2.24, 2.45) is 5.73 Å². The Morgan fingerprint density at radius 1 is 1.11 bits per heavy atom. The zero-order valence-electron chi connectivity index (χ0n) is 15.9. The standard InChI is InChI=1S/C22H24N4O2/c1-25-17-3-4-18(25)12-20(11-17)28-19-7-5-16(6-8-19)26-21-9-2-14(22(23)27)10-15(21)13-24-26/h2,5-10,13,17-18,20H,3-4,11-12H2,1H3,(H2,23,27)/t17-,18+,20-. The number of piperidine rings is 1. The molecule has 2 aromatic carbocycles. The molecule has 2 aliphatic heterocycles. The molecule has 0 aliphatic carbocycles. The number of hydrogen-bond acceptors (Lipinski definition) is 4. The fourth-order valence-corrected chi connectivity index (χ4v) is 4.71. The monoisotopic (exact) mass is 376 g/mol. The van der Waals surface area contributed by atoms with Crippen LogP contribution in [0.1, 0.15) is 36.0 Å². The number of benzene rings is 2. The summed E-state index contributed by atoms with van der Waals surface area (Å²) in [6.07, 6.45) is 6.87. The number of rotatable bonds is 4. The Kier molecular flexibility index (Phi) is 4.09. The Hall–Kier alpha value is -2.86. The molecule has 28 heavy (non-hydrogen) atoms. The van der Waals surface area contributed by atoms with Crippen molar-refractivity contribution in [3.8, 4) is 11.4 Å². The molecule has 2 bridgehead atoms. The summed E-state index contributed by atoms with van der Waals surface area (Å²) in [5.74, 6) is 0.476. The van der Waals surface area contributed by atoms with Gasteiger partial charge in [-0.25, -0.2) is 4.68 Å². The molecule has 0 spiro atoms. The molecule has 0 saturated carbocycles. The summed E-state index contributed by atoms with van der Waals surface area (Å²) in [5.41, 5.74) is 7.74. The minimum absolute atomic E-state index is 0.303. The van der Waals surface area contributed by atoms with Gasteiger partial charge >= 0.3 is 0 Å². The summed E-state index contributed by atoms with van der Waals surface area (Å²) in [6.45, 7) is 0. The lowest BCUT2D eigenvalue weighted by atomic mass is 10.0. The van der Waals surface area contributed by atoms with Crippen molar-refractivity contribution >= 4 is 16.8 Å². The Morgan fingerprint density at radius 2 is 1.82 bits per heavy atom. The number of ether oxygens (including phenoxy) is 1. The third-order valence-electron chi connectivity index (χ3n) is 6.29. The highest BCUT2D eigenvalue weighted by atomic mass is 16.5. The van der Waals surface area contributed by atoms with Crippen LogP contribution < -0.4 is 10.5 Å². The van der Waals surface area contributed by atoms with Gasteiger partial charge in [0.2, 0.25) is 5.91 Å². The smallest absolute Gasteiger partial charge is 0.248 e. The Balaban J connectivity index is 1.34. The molecule has 1 aromatic heterocycles. The van der Waals surface area contributed by atoms with Crippen molar-refractivity contribution in [3.63, 3.8) is 0 Å². The van der Waals surface area contributed by atoms with E-state index in [0.717, 1.165) is 35.2 Å². The molecule has 144 valence electrons. The zero-order chi connectivity index (χ0) is 19.3. The third kappa shape index (κ3) is 2.94. The molecule has 5 rings (SSSR count). The molecular formula is C22H24N4O2. The van der Waals surface area contributed by atoms with E-state index in [9.17, 15) is 4.79 Å². The predicted octanol–water partition coefficient (Wildman–Crippen LogP) is 3.13. The second-order valence-corrected chi connectivity index (χ2v) is 7.95. The van der Waals surface area contributed by atoms with Crippen LogP contribution in [0, 0.1) is 0 Å². The van der Waals surface area contributed by atoms with E-state index in [1.807, 2.05) is 35.0 Å². The second-order valence-electron chi connectivity index (χ2n) is 7.95. The molecule has 3 atom stereocenters. The molecule has 2 N–H and O–H groups in total.